The van der Waals surface area contributed by atoms with Gasteiger partial charge < -0.3 is 5.48 Å². The van der Waals surface area contributed by atoms with Crippen LogP contribution in [0.5, 0.6) is 0 Å². The van der Waals surface area contributed by atoms with E-state index in [0.717, 1.165) is 0 Å². The van der Waals surface area contributed by atoms with Gasteiger partial charge in [-0.05, 0) is 0 Å². The molecule has 0 atom stereocenters. The molecule has 0 bridgehead atoms. The van der Waals surface area contributed by atoms with Crippen LogP contribution >= 0.6 is 0 Å². The Morgan fingerprint density at radius 3 is 0.750 bits per heavy atom. The van der Waals surface area contributed by atoms with Crippen molar-refractivity contribution in [2.75, 3.05) is 0 Å². The fourth-order valence-corrected chi connectivity index (χ4v) is 0. The van der Waals surface area contributed by atoms with Gasteiger partial charge in [0.2, 0.25) is 0 Å². The Morgan fingerprint density at radius 2 is 0.750 bits per heavy atom. The summed E-state index contributed by atoms with van der Waals surface area (Å²) in [6.45, 7) is 0. The third-order valence-electron chi connectivity index (χ3n) is 0. The second-order valence-electron chi connectivity index (χ2n) is 0. The van der Waals surface area contributed by atoms with Crippen LogP contribution in [0.15, 0.2) is 0 Å². The summed E-state index contributed by atoms with van der Waals surface area (Å²) in [5, 5.41) is 0. The molecule has 0 aliphatic carbocycles. The number of hydrogen-bond acceptors (Lipinski definition) is 0. The van der Waals surface area contributed by atoms with E-state index in [0.29, 0.717) is 0 Å². The molecule has 0 saturated carbocycles. The third-order valence-corrected chi connectivity index (χ3v) is 0. The zero-order valence-electron chi connectivity index (χ0n) is 0.500. The Morgan fingerprint density at radius 1 is 0.750 bits per heavy atom. The van der Waals surface area contributed by atoms with E-state index < -0.39 is 0 Å². The van der Waals surface area contributed by atoms with Gasteiger partial charge in [0.15, 0.2) is 0 Å². The Bertz CT molecular complexity index is 6.00. The summed E-state index contributed by atoms with van der Waals surface area (Å²) in [6.07, 6.45) is 0. The molecule has 1 nitrogen and oxygen atoms in total. The number of hydrogen-bond donors (Lipinski definition) is 0. The van der Waals surface area contributed by atoms with Crippen molar-refractivity contribution in [2.24, 2.45) is 0 Å². The predicted molar refractivity (Wildman–Crippen MR) is 25.1 cm³/mol. The average molecular weight is 74.0 g/mol. The molecule has 14 valence electrons. The van der Waals surface area contributed by atoms with Crippen molar-refractivity contribution in [3.8, 4) is 0 Å². The van der Waals surface area contributed by atoms with E-state index in [-0.39, 0.29) is 94.6 Å². The minimum atomic E-state index is 0. The molecule has 0 spiro atoms. The Kier molecular flexibility index (Phi) is 125. The first kappa shape index (κ1) is 29.2. The molecule has 2 N–H and O–H groups in total. The first-order chi connectivity index (χ1) is 0. The van der Waals surface area contributed by atoms with Crippen LogP contribution in [0.2, 0.25) is 0 Å². The van der Waals surface area contributed by atoms with Crippen molar-refractivity contribution in [3.05, 3.63) is 0 Å². The molecule has 0 fully saturated rings. The van der Waals surface area contributed by atoms with Crippen LogP contribution in [0, 0.1) is 0 Å². The van der Waals surface area contributed by atoms with Gasteiger partial charge in [-0.15, -0.1) is 0 Å². The van der Waals surface area contributed by atoms with E-state index in [1.54, 1.807) is 0 Å². The summed E-state index contributed by atoms with van der Waals surface area (Å²) in [4.78, 5) is 0. The summed E-state index contributed by atoms with van der Waals surface area (Å²) >= 11 is 0. The maximum atomic E-state index is 0. The molecule has 4 heavy (non-hydrogen) atoms. The fraction of sp³-hybridized carbons (Fsp3) is 0. The monoisotopic (exact) mass is 74.0 g/mol. The first-order valence-corrected chi connectivity index (χ1v) is 0. The van der Waals surface area contributed by atoms with E-state index >= 15 is 0 Å². The van der Waals surface area contributed by atoms with Gasteiger partial charge in [-0.2, -0.15) is 0 Å². The molecular weight excluding hydrogens is 69.0 g/mol. The van der Waals surface area contributed by atoms with Gasteiger partial charge in [0.05, 0.1) is 0 Å². The van der Waals surface area contributed by atoms with Crippen LogP contribution in [-0.4, -0.2) is 94.6 Å². The Labute approximate surface area is 92.4 Å². The Balaban J connectivity index is 0. The quantitative estimate of drug-likeness (QED) is 0.278. The third kappa shape index (κ3) is 8.84. The van der Waals surface area contributed by atoms with Gasteiger partial charge in [-0.3, -0.25) is 0 Å². The van der Waals surface area contributed by atoms with Crippen molar-refractivity contribution in [3.63, 3.8) is 0 Å². The molecule has 0 aliphatic heterocycles. The van der Waals surface area contributed by atoms with Crippen LogP contribution in [-0.2, 0) is 0 Å². The van der Waals surface area contributed by atoms with Crippen molar-refractivity contribution in [1.82, 2.24) is 0 Å². The molecular formula is H5KLi2O. The van der Waals surface area contributed by atoms with Crippen LogP contribution in [0.1, 0.15) is 0 Å². The van der Waals surface area contributed by atoms with E-state index in [9.17, 15) is 0 Å². The first-order valence-electron chi connectivity index (χ1n) is 0. The molecule has 0 rings (SSSR count). The molecule has 0 heterocycles. The molecule has 0 aromatic carbocycles. The van der Waals surface area contributed by atoms with Gasteiger partial charge in [0.1, 0.15) is 0 Å². The van der Waals surface area contributed by atoms with Gasteiger partial charge >= 0.3 is 89.1 Å². The minimum absolute atomic E-state index is 0. The second-order valence-corrected chi connectivity index (χ2v) is 0. The fourth-order valence-electron chi connectivity index (χ4n) is 0. The van der Waals surface area contributed by atoms with Crippen LogP contribution in [0.4, 0.5) is 0 Å². The predicted octanol–water partition coefficient (Wildman–Crippen LogP) is -2.77. The summed E-state index contributed by atoms with van der Waals surface area (Å²) in [5.41, 5.74) is 0. The van der Waals surface area contributed by atoms with Crippen LogP contribution in [0.25, 0.3) is 0 Å². The zero-order chi connectivity index (χ0) is 0. The van der Waals surface area contributed by atoms with Crippen molar-refractivity contribution < 1.29 is 5.48 Å². The zero-order valence-corrected chi connectivity index (χ0v) is 0.500. The standard InChI is InChI=1S/K.2Li.H2O.3H/h;;;1H2;;;. The molecule has 0 amide bonds. The summed E-state index contributed by atoms with van der Waals surface area (Å²) in [7, 11) is 0. The molecule has 0 aliphatic rings. The second kappa shape index (κ2) is 17.1. The van der Waals surface area contributed by atoms with Crippen molar-refractivity contribution in [1.29, 1.82) is 0 Å². The van der Waals surface area contributed by atoms with E-state index in [1.807, 2.05) is 0 Å². The SMILES string of the molecule is O.[KH].[LiH].[LiH]. The molecule has 0 aromatic heterocycles. The van der Waals surface area contributed by atoms with Gasteiger partial charge in [-0.1, -0.05) is 0 Å². The maximum absolute atomic E-state index is 0. The molecule has 0 unspecified atom stereocenters. The molecule has 0 radical (unpaired) electrons. The van der Waals surface area contributed by atoms with Gasteiger partial charge in [0, 0.05) is 0 Å². The van der Waals surface area contributed by atoms with Crippen molar-refractivity contribution >= 4 is 89.1 Å². The Hall–Kier alpha value is 2.79. The van der Waals surface area contributed by atoms with Gasteiger partial charge in [0.25, 0.3) is 0 Å². The van der Waals surface area contributed by atoms with E-state index in [2.05, 4.69) is 0 Å². The normalized spacial score (nSPS) is 0. The number of rotatable bonds is 0. The van der Waals surface area contributed by atoms with Crippen molar-refractivity contribution in [2.45, 2.75) is 0 Å². The summed E-state index contributed by atoms with van der Waals surface area (Å²) < 4.78 is 0. The molecule has 4 heteroatoms. The van der Waals surface area contributed by atoms with E-state index in [1.165, 1.54) is 0 Å². The molecule has 0 saturated heterocycles. The summed E-state index contributed by atoms with van der Waals surface area (Å²) in [6, 6.07) is 0. The molecule has 0 aromatic rings. The van der Waals surface area contributed by atoms with Gasteiger partial charge in [-0.25, -0.2) is 0 Å². The van der Waals surface area contributed by atoms with E-state index in [4.69, 9.17) is 0 Å². The topological polar surface area (TPSA) is 31.5 Å². The van der Waals surface area contributed by atoms with Crippen LogP contribution < -0.4 is 0 Å². The average Bonchev–Trinajstić information content (AvgIpc) is 0. The van der Waals surface area contributed by atoms with Crippen LogP contribution in [0.3, 0.4) is 0 Å². The summed E-state index contributed by atoms with van der Waals surface area (Å²) in [5.74, 6) is 0.